The molecule has 0 amide bonds. The van der Waals surface area contributed by atoms with Crippen molar-refractivity contribution in [2.45, 2.75) is 18.7 Å². The van der Waals surface area contributed by atoms with E-state index in [-0.39, 0.29) is 0 Å². The topological polar surface area (TPSA) is 70.2 Å². The lowest BCUT2D eigenvalue weighted by atomic mass is 10.3. The Kier molecular flexibility index (Phi) is 3.71. The van der Waals surface area contributed by atoms with E-state index in [1.54, 1.807) is 28.6 Å². The molecule has 84 valence electrons. The zero-order valence-corrected chi connectivity index (χ0v) is 9.88. The van der Waals surface area contributed by atoms with Crippen LogP contribution in [0.1, 0.15) is 13.8 Å². The minimum atomic E-state index is -2.84. The second-order valence-electron chi connectivity index (χ2n) is 3.21. The number of rotatable bonds is 4. The molecular weight excluding hydrogens is 210 g/mol. The third kappa shape index (κ3) is 2.49. The maximum Gasteiger partial charge on any atom is 0.137 e. The molecule has 3 N–H and O–H groups in total. The summed E-state index contributed by atoms with van der Waals surface area (Å²) < 4.78 is 21.8. The molecule has 0 saturated heterocycles. The lowest BCUT2D eigenvalue weighted by Gasteiger charge is -2.21. The molecule has 0 aromatic heterocycles. The largest absolute Gasteiger partial charge is 0.399 e. The number of nitrogen functional groups attached to an aromatic ring is 1. The van der Waals surface area contributed by atoms with Gasteiger partial charge in [0.1, 0.15) is 9.92 Å². The molecule has 0 fully saturated rings. The third-order valence-corrected chi connectivity index (χ3v) is 4.42. The van der Waals surface area contributed by atoms with Crippen LogP contribution in [0, 0.1) is 4.78 Å². The lowest BCUT2D eigenvalue weighted by molar-refractivity contribution is 0.480. The fourth-order valence-corrected chi connectivity index (χ4v) is 2.92. The highest BCUT2D eigenvalue weighted by atomic mass is 32.2. The van der Waals surface area contributed by atoms with Crippen LogP contribution in [0.3, 0.4) is 0 Å². The molecule has 1 atom stereocenters. The van der Waals surface area contributed by atoms with E-state index < -0.39 is 9.92 Å². The Labute approximate surface area is 91.2 Å². The number of hydrogen-bond acceptors (Lipinski definition) is 3. The Hall–Kier alpha value is -1.07. The van der Waals surface area contributed by atoms with Gasteiger partial charge in [0.2, 0.25) is 0 Å². The first-order valence-electron chi connectivity index (χ1n) is 4.91. The summed E-state index contributed by atoms with van der Waals surface area (Å²) in [5.74, 6) is 0. The van der Waals surface area contributed by atoms with E-state index in [2.05, 4.69) is 0 Å². The number of anilines is 1. The highest BCUT2D eigenvalue weighted by Crippen LogP contribution is 2.17. The van der Waals surface area contributed by atoms with Crippen LogP contribution in [0.2, 0.25) is 0 Å². The van der Waals surface area contributed by atoms with Gasteiger partial charge in [-0.15, -0.1) is 0 Å². The predicted octanol–water partition coefficient (Wildman–Crippen LogP) is 1.93. The number of hydrogen-bond donors (Lipinski definition) is 2. The van der Waals surface area contributed by atoms with E-state index in [4.69, 9.17) is 10.5 Å². The second kappa shape index (κ2) is 4.63. The lowest BCUT2D eigenvalue weighted by Crippen LogP contribution is -2.29. The van der Waals surface area contributed by atoms with E-state index in [0.29, 0.717) is 23.7 Å². The Morgan fingerprint density at radius 2 is 1.73 bits per heavy atom. The van der Waals surface area contributed by atoms with E-state index in [1.807, 2.05) is 13.8 Å². The SMILES string of the molecule is CCN(CC)S(=N)(=O)c1ccc(N)cc1. The van der Waals surface area contributed by atoms with Gasteiger partial charge in [-0.1, -0.05) is 13.8 Å². The van der Waals surface area contributed by atoms with Crippen LogP contribution in [-0.4, -0.2) is 21.6 Å². The maximum atomic E-state index is 12.2. The van der Waals surface area contributed by atoms with Gasteiger partial charge in [-0.05, 0) is 24.3 Å². The van der Waals surface area contributed by atoms with Gasteiger partial charge in [0.15, 0.2) is 0 Å². The Morgan fingerprint density at radius 3 is 2.13 bits per heavy atom. The van der Waals surface area contributed by atoms with Crippen molar-refractivity contribution in [3.05, 3.63) is 24.3 Å². The standard InChI is InChI=1S/C10H17N3OS/c1-3-13(4-2)15(12,14)10-7-5-9(11)6-8-10/h5-8,12H,3-4,11H2,1-2H3. The zero-order chi connectivity index (χ0) is 11.5. The zero-order valence-electron chi connectivity index (χ0n) is 9.06. The summed E-state index contributed by atoms with van der Waals surface area (Å²) in [4.78, 5) is 0.514. The Morgan fingerprint density at radius 1 is 1.27 bits per heavy atom. The van der Waals surface area contributed by atoms with Gasteiger partial charge < -0.3 is 5.73 Å². The first-order chi connectivity index (χ1) is 7.02. The van der Waals surface area contributed by atoms with Crippen LogP contribution >= 0.6 is 0 Å². The van der Waals surface area contributed by atoms with Gasteiger partial charge in [-0.25, -0.2) is 13.3 Å². The van der Waals surface area contributed by atoms with Gasteiger partial charge >= 0.3 is 0 Å². The van der Waals surface area contributed by atoms with Crippen LogP contribution in [0.25, 0.3) is 0 Å². The summed E-state index contributed by atoms with van der Waals surface area (Å²) in [6.45, 7) is 5.00. The van der Waals surface area contributed by atoms with Crippen molar-refractivity contribution in [1.82, 2.24) is 4.31 Å². The first kappa shape index (κ1) is 12.0. The smallest absolute Gasteiger partial charge is 0.137 e. The Balaban J connectivity index is 3.11. The monoisotopic (exact) mass is 227 g/mol. The normalized spacial score (nSPS) is 15.1. The predicted molar refractivity (Wildman–Crippen MR) is 62.9 cm³/mol. The van der Waals surface area contributed by atoms with Crippen LogP contribution in [0.15, 0.2) is 29.2 Å². The molecule has 1 rings (SSSR count). The van der Waals surface area contributed by atoms with Gasteiger partial charge in [0, 0.05) is 18.8 Å². The van der Waals surface area contributed by atoms with Crippen molar-refractivity contribution >= 4 is 15.6 Å². The van der Waals surface area contributed by atoms with Gasteiger partial charge in [0.05, 0.1) is 4.90 Å². The van der Waals surface area contributed by atoms with Crippen molar-refractivity contribution in [2.75, 3.05) is 18.8 Å². The molecule has 4 nitrogen and oxygen atoms in total. The fourth-order valence-electron chi connectivity index (χ4n) is 1.39. The number of benzene rings is 1. The highest BCUT2D eigenvalue weighted by molar-refractivity contribution is 7.90. The summed E-state index contributed by atoms with van der Waals surface area (Å²) >= 11 is 0. The third-order valence-electron chi connectivity index (χ3n) is 2.27. The summed E-state index contributed by atoms with van der Waals surface area (Å²) in [6.07, 6.45) is 0. The summed E-state index contributed by atoms with van der Waals surface area (Å²) in [6, 6.07) is 6.66. The summed E-state index contributed by atoms with van der Waals surface area (Å²) in [7, 11) is -2.84. The molecule has 0 heterocycles. The van der Waals surface area contributed by atoms with Crippen LogP contribution < -0.4 is 5.73 Å². The molecule has 1 aromatic carbocycles. The molecule has 0 radical (unpaired) electrons. The van der Waals surface area contributed by atoms with Crippen molar-refractivity contribution < 1.29 is 4.21 Å². The van der Waals surface area contributed by atoms with E-state index in [9.17, 15) is 4.21 Å². The molecule has 5 heteroatoms. The molecule has 0 aliphatic rings. The van der Waals surface area contributed by atoms with Gasteiger partial charge in [-0.2, -0.15) is 0 Å². The number of nitrogens with zero attached hydrogens (tertiary/aromatic N) is 1. The average molecular weight is 227 g/mol. The van der Waals surface area contributed by atoms with E-state index >= 15 is 0 Å². The first-order valence-corrected chi connectivity index (χ1v) is 6.43. The second-order valence-corrected chi connectivity index (χ2v) is 5.25. The molecule has 0 saturated carbocycles. The summed E-state index contributed by atoms with van der Waals surface area (Å²) in [5.41, 5.74) is 6.16. The minimum Gasteiger partial charge on any atom is -0.399 e. The molecule has 1 unspecified atom stereocenters. The van der Waals surface area contributed by atoms with Crippen molar-refractivity contribution in [2.24, 2.45) is 0 Å². The van der Waals surface area contributed by atoms with E-state index in [1.165, 1.54) is 0 Å². The summed E-state index contributed by atoms with van der Waals surface area (Å²) in [5, 5.41) is 0. The van der Waals surface area contributed by atoms with Crippen molar-refractivity contribution in [3.8, 4) is 0 Å². The maximum absolute atomic E-state index is 12.2. The van der Waals surface area contributed by atoms with Crippen molar-refractivity contribution in [1.29, 1.82) is 4.78 Å². The Bertz CT molecular complexity index is 407. The van der Waals surface area contributed by atoms with E-state index in [0.717, 1.165) is 0 Å². The quantitative estimate of drug-likeness (QED) is 0.772. The number of nitrogens with two attached hydrogens (primary N) is 1. The molecule has 0 bridgehead atoms. The molecule has 15 heavy (non-hydrogen) atoms. The molecule has 0 spiro atoms. The van der Waals surface area contributed by atoms with Crippen molar-refractivity contribution in [3.63, 3.8) is 0 Å². The molecular formula is C10H17N3OS. The van der Waals surface area contributed by atoms with Crippen LogP contribution in [0.5, 0.6) is 0 Å². The average Bonchev–Trinajstić information content (AvgIpc) is 2.19. The van der Waals surface area contributed by atoms with Crippen LogP contribution in [0.4, 0.5) is 5.69 Å². The van der Waals surface area contributed by atoms with Gasteiger partial charge in [0.25, 0.3) is 0 Å². The minimum absolute atomic E-state index is 0.514. The number of nitrogens with one attached hydrogen (secondary N) is 1. The molecule has 0 aliphatic heterocycles. The molecule has 0 aliphatic carbocycles. The highest BCUT2D eigenvalue weighted by Gasteiger charge is 2.16. The van der Waals surface area contributed by atoms with Gasteiger partial charge in [-0.3, -0.25) is 0 Å². The molecule has 1 aromatic rings. The fraction of sp³-hybridized carbons (Fsp3) is 0.400. The van der Waals surface area contributed by atoms with Crippen LogP contribution in [-0.2, 0) is 9.92 Å².